The van der Waals surface area contributed by atoms with Crippen molar-refractivity contribution in [2.75, 3.05) is 57.7 Å². The molecule has 0 unspecified atom stereocenters. The van der Waals surface area contributed by atoms with Crippen molar-refractivity contribution in [2.24, 2.45) is 0 Å². The average Bonchev–Trinajstić information content (AvgIpc) is 2.50. The highest BCUT2D eigenvalue weighted by molar-refractivity contribution is 8.28. The Morgan fingerprint density at radius 1 is 1.10 bits per heavy atom. The van der Waals surface area contributed by atoms with Gasteiger partial charge < -0.3 is 14.0 Å². The molecule has 0 atom stereocenters. The van der Waals surface area contributed by atoms with Crippen LogP contribution in [0.3, 0.4) is 0 Å². The first-order chi connectivity index (χ1) is 9.94. The minimum absolute atomic E-state index is 1.01. The largest absolute Gasteiger partial charge is 0.368 e. The molecule has 0 N–H and O–H groups in total. The third kappa shape index (κ3) is 4.81. The van der Waals surface area contributed by atoms with Gasteiger partial charge in [0.15, 0.2) is 0 Å². The molecule has 3 nitrogen and oxygen atoms in total. The standard InChI is InChI=1S/C14H24N2OS2.C2H6/c1-15-7-9-16(10-8-15)13-6-5-12(18)11-14(13)19(3,4)17-2;1-2/h5-6,11,18H,7-10H2,1-4H3;1-2H3. The van der Waals surface area contributed by atoms with Crippen molar-refractivity contribution in [3.05, 3.63) is 18.2 Å². The van der Waals surface area contributed by atoms with E-state index >= 15 is 0 Å². The SMILES string of the molecule is CC.COS(C)(C)c1cc(S)ccc1N1CCN(C)CC1. The summed E-state index contributed by atoms with van der Waals surface area (Å²) in [5.41, 5.74) is 1.31. The van der Waals surface area contributed by atoms with E-state index in [1.165, 1.54) is 10.6 Å². The van der Waals surface area contributed by atoms with Gasteiger partial charge in [0.05, 0.1) is 5.69 Å². The molecule has 0 radical (unpaired) electrons. The van der Waals surface area contributed by atoms with E-state index in [-0.39, 0.29) is 0 Å². The molecule has 0 bridgehead atoms. The second-order valence-electron chi connectivity index (χ2n) is 5.34. The first kappa shape index (κ1) is 18.7. The summed E-state index contributed by atoms with van der Waals surface area (Å²) in [7, 11) is 2.76. The number of rotatable bonds is 3. The second kappa shape index (κ2) is 8.32. The number of anilines is 1. The fourth-order valence-electron chi connectivity index (χ4n) is 2.29. The third-order valence-corrected chi connectivity index (χ3v) is 6.23. The molecule has 1 aliphatic heterocycles. The fourth-order valence-corrected chi connectivity index (χ4v) is 3.88. The van der Waals surface area contributed by atoms with Gasteiger partial charge in [-0.3, -0.25) is 0 Å². The molecule has 1 aromatic rings. The van der Waals surface area contributed by atoms with E-state index in [4.69, 9.17) is 4.18 Å². The number of benzene rings is 1. The molecular formula is C16H30N2OS2. The van der Waals surface area contributed by atoms with Gasteiger partial charge in [-0.1, -0.05) is 13.8 Å². The lowest BCUT2D eigenvalue weighted by atomic mass is 10.2. The van der Waals surface area contributed by atoms with Crippen LogP contribution in [0.1, 0.15) is 13.8 Å². The van der Waals surface area contributed by atoms with Gasteiger partial charge in [0.25, 0.3) is 0 Å². The van der Waals surface area contributed by atoms with Gasteiger partial charge >= 0.3 is 0 Å². The highest BCUT2D eigenvalue weighted by Gasteiger charge is 2.23. The Labute approximate surface area is 137 Å². The molecule has 21 heavy (non-hydrogen) atoms. The summed E-state index contributed by atoms with van der Waals surface area (Å²) in [5, 5.41) is 0. The van der Waals surface area contributed by atoms with Crippen molar-refractivity contribution in [1.29, 1.82) is 0 Å². The van der Waals surface area contributed by atoms with Gasteiger partial charge in [0, 0.05) is 43.1 Å². The number of hydrogen-bond donors (Lipinski definition) is 1. The minimum atomic E-state index is -1.22. The van der Waals surface area contributed by atoms with Gasteiger partial charge in [-0.25, -0.2) is 0 Å². The van der Waals surface area contributed by atoms with E-state index < -0.39 is 10.3 Å². The first-order valence-corrected chi connectivity index (χ1v) is 10.3. The fraction of sp³-hybridized carbons (Fsp3) is 0.625. The lowest BCUT2D eigenvalue weighted by Crippen LogP contribution is -2.44. The summed E-state index contributed by atoms with van der Waals surface area (Å²) < 4.78 is 5.74. The number of hydrogen-bond acceptors (Lipinski definition) is 4. The zero-order valence-corrected chi connectivity index (χ0v) is 15.9. The maximum atomic E-state index is 5.74. The van der Waals surface area contributed by atoms with Crippen LogP contribution < -0.4 is 4.90 Å². The third-order valence-electron chi connectivity index (χ3n) is 3.73. The Kier molecular flexibility index (Phi) is 7.40. The Bertz CT molecular complexity index is 444. The quantitative estimate of drug-likeness (QED) is 0.850. The van der Waals surface area contributed by atoms with Gasteiger partial charge in [-0.15, -0.1) is 22.9 Å². The van der Waals surface area contributed by atoms with Crippen molar-refractivity contribution >= 4 is 28.6 Å². The highest BCUT2D eigenvalue weighted by Crippen LogP contribution is 2.54. The highest BCUT2D eigenvalue weighted by atomic mass is 32.3. The van der Waals surface area contributed by atoms with Crippen LogP contribution in [0.5, 0.6) is 0 Å². The molecule has 0 aliphatic carbocycles. The summed E-state index contributed by atoms with van der Waals surface area (Å²) in [4.78, 5) is 7.14. The Morgan fingerprint density at radius 3 is 2.19 bits per heavy atom. The van der Waals surface area contributed by atoms with Crippen molar-refractivity contribution < 1.29 is 4.18 Å². The first-order valence-electron chi connectivity index (χ1n) is 7.49. The van der Waals surface area contributed by atoms with Crippen LogP contribution in [-0.2, 0) is 4.18 Å². The van der Waals surface area contributed by atoms with Gasteiger partial charge in [-0.2, -0.15) is 0 Å². The molecule has 2 rings (SSSR count). The van der Waals surface area contributed by atoms with Crippen molar-refractivity contribution in [3.8, 4) is 0 Å². The van der Waals surface area contributed by atoms with E-state index in [2.05, 4.69) is 60.2 Å². The molecular weight excluding hydrogens is 300 g/mol. The molecule has 1 heterocycles. The number of piperazine rings is 1. The Morgan fingerprint density at radius 2 is 1.67 bits per heavy atom. The molecule has 0 saturated carbocycles. The Balaban J connectivity index is 0.00000106. The molecule has 122 valence electrons. The van der Waals surface area contributed by atoms with E-state index in [1.54, 1.807) is 7.11 Å². The summed E-state index contributed by atoms with van der Waals surface area (Å²) in [6.45, 7) is 8.39. The van der Waals surface area contributed by atoms with Crippen LogP contribution in [0.25, 0.3) is 0 Å². The number of nitrogens with zero attached hydrogens (tertiary/aromatic N) is 2. The molecule has 1 saturated heterocycles. The zero-order chi connectivity index (χ0) is 16.0. The monoisotopic (exact) mass is 330 g/mol. The Hall–Kier alpha value is -0.360. The molecule has 0 spiro atoms. The maximum absolute atomic E-state index is 5.74. The number of likely N-dealkylation sites (N-methyl/N-ethyl adjacent to an activating group) is 1. The van der Waals surface area contributed by atoms with Crippen molar-refractivity contribution in [1.82, 2.24) is 4.90 Å². The predicted octanol–water partition coefficient (Wildman–Crippen LogP) is 3.74. The van der Waals surface area contributed by atoms with Crippen LogP contribution in [0.4, 0.5) is 5.69 Å². The van der Waals surface area contributed by atoms with Crippen molar-refractivity contribution in [3.63, 3.8) is 0 Å². The lowest BCUT2D eigenvalue weighted by Gasteiger charge is -2.39. The molecule has 1 aliphatic rings. The molecule has 1 fully saturated rings. The van der Waals surface area contributed by atoms with Crippen LogP contribution >= 0.6 is 22.9 Å². The topological polar surface area (TPSA) is 15.7 Å². The van der Waals surface area contributed by atoms with Crippen LogP contribution in [0.15, 0.2) is 28.0 Å². The zero-order valence-electron chi connectivity index (χ0n) is 14.2. The minimum Gasteiger partial charge on any atom is -0.368 e. The normalized spacial score (nSPS) is 17.2. The van der Waals surface area contributed by atoms with Gasteiger partial charge in [0.2, 0.25) is 0 Å². The number of thiol groups is 1. The second-order valence-corrected chi connectivity index (χ2v) is 9.10. The summed E-state index contributed by atoms with van der Waals surface area (Å²) in [6, 6.07) is 6.43. The van der Waals surface area contributed by atoms with Crippen LogP contribution in [-0.4, -0.2) is 57.7 Å². The summed E-state index contributed by atoms with van der Waals surface area (Å²) >= 11 is 4.48. The molecule has 1 aromatic carbocycles. The molecule has 0 aromatic heterocycles. The van der Waals surface area contributed by atoms with Crippen LogP contribution in [0, 0.1) is 0 Å². The lowest BCUT2D eigenvalue weighted by molar-refractivity contribution is 0.312. The predicted molar refractivity (Wildman–Crippen MR) is 99.5 cm³/mol. The average molecular weight is 331 g/mol. The van der Waals surface area contributed by atoms with E-state index in [1.807, 2.05) is 13.8 Å². The van der Waals surface area contributed by atoms with Gasteiger partial charge in [0.1, 0.15) is 0 Å². The van der Waals surface area contributed by atoms with Gasteiger partial charge in [-0.05, 0) is 37.8 Å². The maximum Gasteiger partial charge on any atom is 0.0511 e. The van der Waals surface area contributed by atoms with E-state index in [0.717, 1.165) is 31.1 Å². The van der Waals surface area contributed by atoms with E-state index in [0.29, 0.717) is 0 Å². The van der Waals surface area contributed by atoms with Crippen molar-refractivity contribution in [2.45, 2.75) is 23.6 Å². The molecule has 5 heteroatoms. The summed E-state index contributed by atoms with van der Waals surface area (Å²) in [6.07, 6.45) is 4.38. The van der Waals surface area contributed by atoms with E-state index in [9.17, 15) is 0 Å². The van der Waals surface area contributed by atoms with Crippen LogP contribution in [0.2, 0.25) is 0 Å². The molecule has 0 amide bonds. The summed E-state index contributed by atoms with van der Waals surface area (Å²) in [5.74, 6) is 0. The smallest absolute Gasteiger partial charge is 0.0511 e.